The van der Waals surface area contributed by atoms with Crippen LogP contribution in [0.1, 0.15) is 53.0 Å². The van der Waals surface area contributed by atoms with Gasteiger partial charge in [-0.05, 0) is 49.8 Å². The molecule has 1 amide bonds. The Kier molecular flexibility index (Phi) is 5.35. The number of hydrogen-bond donors (Lipinski definition) is 1. The van der Waals surface area contributed by atoms with Gasteiger partial charge in [-0.3, -0.25) is 4.79 Å². The number of hydrogen-bond acceptors (Lipinski definition) is 3. The second kappa shape index (κ2) is 6.91. The average molecular weight is 319 g/mol. The third kappa shape index (κ3) is 4.96. The Morgan fingerprint density at radius 2 is 1.87 bits per heavy atom. The molecule has 1 atom stereocenters. The quantitative estimate of drug-likeness (QED) is 0.904. The first-order valence-electron chi connectivity index (χ1n) is 8.38. The van der Waals surface area contributed by atoms with Crippen molar-refractivity contribution in [2.24, 2.45) is 0 Å². The minimum Gasteiger partial charge on any atom is -0.478 e. The molecule has 0 spiro atoms. The molecular formula is C19H29NO3. The lowest BCUT2D eigenvalue weighted by Crippen LogP contribution is -2.48. The largest absolute Gasteiger partial charge is 0.478 e. The molecule has 0 bridgehead atoms. The molecule has 1 heterocycles. The molecule has 0 radical (unpaired) electrons. The van der Waals surface area contributed by atoms with Crippen LogP contribution in [-0.2, 0) is 14.9 Å². The fraction of sp³-hybridized carbons (Fsp3) is 0.632. The smallest absolute Gasteiger partial charge is 0.263 e. The molecule has 1 saturated heterocycles. The van der Waals surface area contributed by atoms with Crippen LogP contribution in [0.2, 0.25) is 0 Å². The fourth-order valence-electron chi connectivity index (χ4n) is 2.59. The van der Waals surface area contributed by atoms with E-state index >= 15 is 0 Å². The van der Waals surface area contributed by atoms with Crippen LogP contribution in [0.15, 0.2) is 24.3 Å². The van der Waals surface area contributed by atoms with E-state index in [1.807, 2.05) is 12.1 Å². The van der Waals surface area contributed by atoms with Crippen molar-refractivity contribution in [1.29, 1.82) is 0 Å². The Hall–Kier alpha value is -1.55. The van der Waals surface area contributed by atoms with E-state index < -0.39 is 5.60 Å². The summed E-state index contributed by atoms with van der Waals surface area (Å²) in [5.74, 6) is 0.586. The van der Waals surface area contributed by atoms with E-state index in [9.17, 15) is 4.79 Å². The van der Waals surface area contributed by atoms with Gasteiger partial charge in [-0.15, -0.1) is 0 Å². The lowest BCUT2D eigenvalue weighted by atomic mass is 9.87. The number of nitrogens with one attached hydrogen (secondary N) is 1. The summed E-state index contributed by atoms with van der Waals surface area (Å²) >= 11 is 0. The van der Waals surface area contributed by atoms with Gasteiger partial charge in [0, 0.05) is 13.2 Å². The van der Waals surface area contributed by atoms with Crippen molar-refractivity contribution >= 4 is 5.91 Å². The van der Waals surface area contributed by atoms with Crippen LogP contribution in [0.4, 0.5) is 0 Å². The average Bonchev–Trinajstić information content (AvgIpc) is 2.97. The lowest BCUT2D eigenvalue weighted by Gasteiger charge is -2.26. The molecule has 1 fully saturated rings. The Labute approximate surface area is 139 Å². The van der Waals surface area contributed by atoms with Crippen LogP contribution in [0.5, 0.6) is 5.75 Å². The van der Waals surface area contributed by atoms with Crippen molar-refractivity contribution in [3.63, 3.8) is 0 Å². The van der Waals surface area contributed by atoms with Gasteiger partial charge in [0.15, 0.2) is 5.60 Å². The van der Waals surface area contributed by atoms with E-state index in [1.165, 1.54) is 5.56 Å². The fourth-order valence-corrected chi connectivity index (χ4v) is 2.59. The monoisotopic (exact) mass is 319 g/mol. The molecule has 2 rings (SSSR count). The molecule has 1 N–H and O–H groups in total. The van der Waals surface area contributed by atoms with Crippen molar-refractivity contribution in [2.75, 3.05) is 13.2 Å². The molecule has 4 heteroatoms. The second-order valence-corrected chi connectivity index (χ2v) is 7.73. The Bertz CT molecular complexity index is 523. The van der Waals surface area contributed by atoms with E-state index in [1.54, 1.807) is 13.8 Å². The number of carbonyl (C=O) groups is 1. The molecule has 4 nitrogen and oxygen atoms in total. The van der Waals surface area contributed by atoms with E-state index in [0.717, 1.165) is 19.4 Å². The van der Waals surface area contributed by atoms with E-state index in [-0.39, 0.29) is 17.4 Å². The molecule has 1 aliphatic rings. The maximum absolute atomic E-state index is 12.4. The summed E-state index contributed by atoms with van der Waals surface area (Å²) in [5, 5.41) is 2.93. The third-order valence-electron chi connectivity index (χ3n) is 4.15. The highest BCUT2D eigenvalue weighted by Gasteiger charge is 2.30. The first kappa shape index (κ1) is 17.8. The molecule has 0 aliphatic carbocycles. The van der Waals surface area contributed by atoms with Crippen molar-refractivity contribution in [3.05, 3.63) is 29.8 Å². The number of carbonyl (C=O) groups excluding carboxylic acids is 1. The van der Waals surface area contributed by atoms with Crippen molar-refractivity contribution in [2.45, 2.75) is 64.6 Å². The molecular weight excluding hydrogens is 290 g/mol. The number of benzene rings is 1. The van der Waals surface area contributed by atoms with Gasteiger partial charge >= 0.3 is 0 Å². The van der Waals surface area contributed by atoms with Gasteiger partial charge < -0.3 is 14.8 Å². The molecule has 1 aromatic rings. The summed E-state index contributed by atoms with van der Waals surface area (Å²) in [4.78, 5) is 12.4. The van der Waals surface area contributed by atoms with Crippen molar-refractivity contribution in [3.8, 4) is 5.75 Å². The van der Waals surface area contributed by atoms with Crippen molar-refractivity contribution in [1.82, 2.24) is 5.32 Å². The molecule has 23 heavy (non-hydrogen) atoms. The highest BCUT2D eigenvalue weighted by atomic mass is 16.5. The van der Waals surface area contributed by atoms with Gasteiger partial charge in [-0.25, -0.2) is 0 Å². The van der Waals surface area contributed by atoms with Crippen LogP contribution >= 0.6 is 0 Å². The second-order valence-electron chi connectivity index (χ2n) is 7.73. The molecule has 128 valence electrons. The standard InChI is InChI=1S/C19H29NO3/c1-18(2,3)14-8-10-15(11-9-14)23-19(4,5)17(21)20-13-16-7-6-12-22-16/h8-11,16H,6-7,12-13H2,1-5H3,(H,20,21). The van der Waals surface area contributed by atoms with Gasteiger partial charge in [0.1, 0.15) is 5.75 Å². The van der Waals surface area contributed by atoms with Crippen LogP contribution in [0.3, 0.4) is 0 Å². The lowest BCUT2D eigenvalue weighted by molar-refractivity contribution is -0.134. The highest BCUT2D eigenvalue weighted by Crippen LogP contribution is 2.26. The zero-order valence-corrected chi connectivity index (χ0v) is 14.9. The van der Waals surface area contributed by atoms with Crippen LogP contribution in [-0.4, -0.2) is 30.8 Å². The first-order chi connectivity index (χ1) is 10.7. The number of amides is 1. The minimum atomic E-state index is -0.915. The van der Waals surface area contributed by atoms with Crippen molar-refractivity contribution < 1.29 is 14.3 Å². The third-order valence-corrected chi connectivity index (χ3v) is 4.15. The van der Waals surface area contributed by atoms with Gasteiger partial charge in [0.2, 0.25) is 0 Å². The normalized spacial score (nSPS) is 18.7. The molecule has 1 unspecified atom stereocenters. The van der Waals surface area contributed by atoms with E-state index in [4.69, 9.17) is 9.47 Å². The van der Waals surface area contributed by atoms with Gasteiger partial charge in [0.25, 0.3) is 5.91 Å². The van der Waals surface area contributed by atoms with Gasteiger partial charge in [-0.1, -0.05) is 32.9 Å². The Morgan fingerprint density at radius 3 is 2.39 bits per heavy atom. The Balaban J connectivity index is 1.92. The van der Waals surface area contributed by atoms with Gasteiger partial charge in [-0.2, -0.15) is 0 Å². The molecule has 0 saturated carbocycles. The predicted molar refractivity (Wildman–Crippen MR) is 91.8 cm³/mol. The minimum absolute atomic E-state index is 0.104. The number of ether oxygens (including phenoxy) is 2. The van der Waals surface area contributed by atoms with Crippen LogP contribution < -0.4 is 10.1 Å². The van der Waals surface area contributed by atoms with Gasteiger partial charge in [0.05, 0.1) is 6.10 Å². The summed E-state index contributed by atoms with van der Waals surface area (Å²) in [5.41, 5.74) is 0.430. The van der Waals surface area contributed by atoms with E-state index in [2.05, 4.69) is 38.2 Å². The zero-order valence-electron chi connectivity index (χ0n) is 14.9. The van der Waals surface area contributed by atoms with E-state index in [0.29, 0.717) is 12.3 Å². The SMILES string of the molecule is CC(C)(Oc1ccc(C(C)(C)C)cc1)C(=O)NCC1CCCO1. The summed E-state index contributed by atoms with van der Waals surface area (Å²) in [6.45, 7) is 11.4. The highest BCUT2D eigenvalue weighted by molar-refractivity contribution is 5.84. The maximum Gasteiger partial charge on any atom is 0.263 e. The maximum atomic E-state index is 12.4. The molecule has 0 aromatic heterocycles. The first-order valence-corrected chi connectivity index (χ1v) is 8.38. The molecule has 1 aromatic carbocycles. The summed E-state index contributed by atoms with van der Waals surface area (Å²) < 4.78 is 11.4. The zero-order chi connectivity index (χ0) is 17.1. The summed E-state index contributed by atoms with van der Waals surface area (Å²) in [7, 11) is 0. The molecule has 1 aliphatic heterocycles. The van der Waals surface area contributed by atoms with Crippen LogP contribution in [0.25, 0.3) is 0 Å². The summed E-state index contributed by atoms with van der Waals surface area (Å²) in [6, 6.07) is 7.96. The Morgan fingerprint density at radius 1 is 1.22 bits per heavy atom. The topological polar surface area (TPSA) is 47.6 Å². The predicted octanol–water partition coefficient (Wildman–Crippen LogP) is 3.44. The number of rotatable bonds is 5. The summed E-state index contributed by atoms with van der Waals surface area (Å²) in [6.07, 6.45) is 2.22. The van der Waals surface area contributed by atoms with Crippen LogP contribution in [0, 0.1) is 0 Å².